The van der Waals surface area contributed by atoms with Gasteiger partial charge in [-0.3, -0.25) is 19.7 Å². The molecule has 0 radical (unpaired) electrons. The molecule has 0 bridgehead atoms. The van der Waals surface area contributed by atoms with Crippen molar-refractivity contribution in [2.75, 3.05) is 22.5 Å². The third kappa shape index (κ3) is 6.85. The number of hydrogen-bond acceptors (Lipinski definition) is 6. The average Bonchev–Trinajstić information content (AvgIpc) is 2.51. The molecule has 0 saturated heterocycles. The molecule has 1 heterocycles. The Kier molecular flexibility index (Phi) is 6.92. The Hall–Kier alpha value is -3.23. The smallest absolute Gasteiger partial charge is 0.303 e. The monoisotopic (exact) mass is 319 g/mol. The number of carbonyl (C=O) groups excluding carboxylic acids is 2. The highest BCUT2D eigenvalue weighted by molar-refractivity contribution is 5.99. The van der Waals surface area contributed by atoms with Gasteiger partial charge in [-0.05, 0) is 18.6 Å². The minimum absolute atomic E-state index is 0.0121. The maximum Gasteiger partial charge on any atom is 0.303 e. The Morgan fingerprint density at radius 3 is 2.30 bits per heavy atom. The summed E-state index contributed by atoms with van der Waals surface area (Å²) in [5, 5.41) is 16.3. The van der Waals surface area contributed by atoms with Crippen LogP contribution in [0.4, 0.5) is 17.6 Å². The molecule has 0 aromatic carbocycles. The number of nitrogens with one attached hydrogen (secondary N) is 3. The van der Waals surface area contributed by atoms with Gasteiger partial charge in [-0.1, -0.05) is 13.2 Å². The second-order valence-corrected chi connectivity index (χ2v) is 4.27. The molecule has 1 aromatic rings. The van der Waals surface area contributed by atoms with E-state index in [-0.39, 0.29) is 18.2 Å². The van der Waals surface area contributed by atoms with Crippen molar-refractivity contribution in [3.8, 4) is 0 Å². The molecule has 122 valence electrons. The summed E-state index contributed by atoms with van der Waals surface area (Å²) in [7, 11) is 0. The van der Waals surface area contributed by atoms with Gasteiger partial charge < -0.3 is 15.7 Å². The number of carboxylic acids is 1. The van der Waals surface area contributed by atoms with Crippen molar-refractivity contribution in [2.24, 2.45) is 0 Å². The van der Waals surface area contributed by atoms with Crippen LogP contribution in [0.1, 0.15) is 12.8 Å². The predicted molar refractivity (Wildman–Crippen MR) is 85.0 cm³/mol. The summed E-state index contributed by atoms with van der Waals surface area (Å²) < 4.78 is 0. The number of rotatable bonds is 9. The molecule has 0 saturated carbocycles. The topological polar surface area (TPSA) is 133 Å². The summed E-state index contributed by atoms with van der Waals surface area (Å²) in [6.07, 6.45) is 2.53. The van der Waals surface area contributed by atoms with E-state index in [0.29, 0.717) is 18.8 Å². The molecule has 4 N–H and O–H groups in total. The van der Waals surface area contributed by atoms with Crippen LogP contribution in [0.15, 0.2) is 31.4 Å². The minimum atomic E-state index is -0.896. The Morgan fingerprint density at radius 2 is 1.70 bits per heavy atom. The lowest BCUT2D eigenvalue weighted by Crippen LogP contribution is -2.15. The summed E-state index contributed by atoms with van der Waals surface area (Å²) in [6.45, 7) is 7.00. The number of carbonyl (C=O) groups is 3. The van der Waals surface area contributed by atoms with E-state index in [2.05, 4.69) is 39.1 Å². The van der Waals surface area contributed by atoms with Crippen LogP contribution in [0.25, 0.3) is 0 Å². The van der Waals surface area contributed by atoms with Gasteiger partial charge in [0.1, 0.15) is 11.6 Å². The van der Waals surface area contributed by atoms with Crippen molar-refractivity contribution in [2.45, 2.75) is 12.8 Å². The van der Waals surface area contributed by atoms with E-state index in [0.717, 1.165) is 12.2 Å². The van der Waals surface area contributed by atoms with Crippen molar-refractivity contribution in [3.63, 3.8) is 0 Å². The number of aromatic nitrogens is 2. The molecule has 1 rings (SSSR count). The highest BCUT2D eigenvalue weighted by Crippen LogP contribution is 2.14. The molecule has 23 heavy (non-hydrogen) atoms. The zero-order valence-electron chi connectivity index (χ0n) is 12.3. The molecule has 0 aliphatic rings. The van der Waals surface area contributed by atoms with Gasteiger partial charge in [0, 0.05) is 19.0 Å². The molecule has 0 unspecified atom stereocenters. The first-order valence-corrected chi connectivity index (χ1v) is 6.66. The molecule has 9 nitrogen and oxygen atoms in total. The maximum absolute atomic E-state index is 11.3. The van der Waals surface area contributed by atoms with Crippen molar-refractivity contribution in [3.05, 3.63) is 31.4 Å². The molecule has 9 heteroatoms. The van der Waals surface area contributed by atoms with E-state index < -0.39 is 17.8 Å². The van der Waals surface area contributed by atoms with E-state index in [9.17, 15) is 14.4 Å². The third-order valence-corrected chi connectivity index (χ3v) is 2.46. The van der Waals surface area contributed by atoms with Crippen LogP contribution in [-0.2, 0) is 14.4 Å². The van der Waals surface area contributed by atoms with Crippen molar-refractivity contribution >= 4 is 35.4 Å². The lowest BCUT2D eigenvalue weighted by atomic mass is 10.3. The summed E-state index contributed by atoms with van der Waals surface area (Å²) in [5.41, 5.74) is 0. The molecule has 0 atom stereocenters. The van der Waals surface area contributed by atoms with Gasteiger partial charge in [-0.25, -0.2) is 0 Å². The number of hydrogen-bond donors (Lipinski definition) is 4. The highest BCUT2D eigenvalue weighted by atomic mass is 16.4. The summed E-state index contributed by atoms with van der Waals surface area (Å²) in [4.78, 5) is 41.1. The largest absolute Gasteiger partial charge is 0.481 e. The molecule has 2 amide bonds. The van der Waals surface area contributed by atoms with Crippen LogP contribution in [0, 0.1) is 0 Å². The summed E-state index contributed by atoms with van der Waals surface area (Å²) in [5.74, 6) is -1.42. The molecular formula is C14H17N5O4. The molecule has 1 aromatic heterocycles. The Labute approximate surface area is 132 Å². The normalized spacial score (nSPS) is 9.57. The number of anilines is 3. The first-order chi connectivity index (χ1) is 10.9. The zero-order chi connectivity index (χ0) is 17.2. The fourth-order valence-electron chi connectivity index (χ4n) is 1.45. The summed E-state index contributed by atoms with van der Waals surface area (Å²) in [6, 6.07) is 1.45. The molecular weight excluding hydrogens is 302 g/mol. The SMILES string of the molecule is C=CC(=O)Nc1cc(NCCCC(=O)O)nc(NC(=O)C=C)n1. The average molecular weight is 319 g/mol. The molecule has 0 aliphatic carbocycles. The van der Waals surface area contributed by atoms with Gasteiger partial charge >= 0.3 is 5.97 Å². The van der Waals surface area contributed by atoms with E-state index in [4.69, 9.17) is 5.11 Å². The lowest BCUT2D eigenvalue weighted by Gasteiger charge is -2.10. The van der Waals surface area contributed by atoms with Gasteiger partial charge in [0.15, 0.2) is 0 Å². The second-order valence-electron chi connectivity index (χ2n) is 4.27. The minimum Gasteiger partial charge on any atom is -0.481 e. The van der Waals surface area contributed by atoms with Crippen molar-refractivity contribution in [1.29, 1.82) is 0 Å². The summed E-state index contributed by atoms with van der Waals surface area (Å²) >= 11 is 0. The predicted octanol–water partition coefficient (Wildman–Crippen LogP) is 1.00. The molecule has 0 aliphatic heterocycles. The second kappa shape index (κ2) is 8.93. The fraction of sp³-hybridized carbons (Fsp3) is 0.214. The third-order valence-electron chi connectivity index (χ3n) is 2.46. The highest BCUT2D eigenvalue weighted by Gasteiger charge is 2.08. The van der Waals surface area contributed by atoms with Crippen molar-refractivity contribution in [1.82, 2.24) is 9.97 Å². The van der Waals surface area contributed by atoms with Crippen LogP contribution in [0.2, 0.25) is 0 Å². The van der Waals surface area contributed by atoms with Crippen LogP contribution in [0.3, 0.4) is 0 Å². The van der Waals surface area contributed by atoms with E-state index in [1.807, 2.05) is 0 Å². The van der Waals surface area contributed by atoms with Gasteiger partial charge in [-0.2, -0.15) is 9.97 Å². The lowest BCUT2D eigenvalue weighted by molar-refractivity contribution is -0.137. The van der Waals surface area contributed by atoms with Crippen LogP contribution in [-0.4, -0.2) is 39.4 Å². The Balaban J connectivity index is 2.86. The van der Waals surface area contributed by atoms with E-state index in [1.54, 1.807) is 0 Å². The van der Waals surface area contributed by atoms with Gasteiger partial charge in [0.25, 0.3) is 0 Å². The number of nitrogens with zero attached hydrogens (tertiary/aromatic N) is 2. The Morgan fingerprint density at radius 1 is 1.09 bits per heavy atom. The zero-order valence-corrected chi connectivity index (χ0v) is 12.3. The van der Waals surface area contributed by atoms with Gasteiger partial charge in [0.05, 0.1) is 0 Å². The standard InChI is InChI=1S/C14H17N5O4/c1-3-11(20)16-10-8-9(15-7-5-6-13(22)23)17-14(18-10)19-12(21)4-2/h3-4,8H,1-2,5-7H2,(H,22,23)(H3,15,16,17,18,19,20,21). The first kappa shape index (κ1) is 17.8. The van der Waals surface area contributed by atoms with Gasteiger partial charge in [-0.15, -0.1) is 0 Å². The van der Waals surface area contributed by atoms with E-state index >= 15 is 0 Å². The quantitative estimate of drug-likeness (QED) is 0.394. The molecule has 0 spiro atoms. The van der Waals surface area contributed by atoms with Gasteiger partial charge in [0.2, 0.25) is 17.8 Å². The first-order valence-electron chi connectivity index (χ1n) is 6.66. The number of aliphatic carboxylic acids is 1. The number of amides is 2. The fourth-order valence-corrected chi connectivity index (χ4v) is 1.45. The van der Waals surface area contributed by atoms with Crippen LogP contribution >= 0.6 is 0 Å². The Bertz CT molecular complexity index is 589. The van der Waals surface area contributed by atoms with Crippen molar-refractivity contribution < 1.29 is 19.5 Å². The number of carboxylic acid groups (broad SMARTS) is 1. The maximum atomic E-state index is 11.3. The molecule has 0 fully saturated rings. The van der Waals surface area contributed by atoms with E-state index in [1.165, 1.54) is 6.07 Å². The van der Waals surface area contributed by atoms with Crippen LogP contribution < -0.4 is 16.0 Å². The van der Waals surface area contributed by atoms with Crippen LogP contribution in [0.5, 0.6) is 0 Å².